The Morgan fingerprint density at radius 3 is 2.56 bits per heavy atom. The van der Waals surface area contributed by atoms with Gasteiger partial charge >= 0.3 is 0 Å². The van der Waals surface area contributed by atoms with E-state index >= 15 is 0 Å². The lowest BCUT2D eigenvalue weighted by molar-refractivity contribution is 0.0956. The summed E-state index contributed by atoms with van der Waals surface area (Å²) < 4.78 is 5.29. The second-order valence-electron chi connectivity index (χ2n) is 7.95. The molecule has 1 amide bonds. The third-order valence-corrected chi connectivity index (χ3v) is 5.18. The molecule has 0 saturated carbocycles. The Bertz CT molecular complexity index is 1280. The van der Waals surface area contributed by atoms with Crippen LogP contribution in [0.15, 0.2) is 88.1 Å². The number of hydrogen-bond acceptors (Lipinski definition) is 4. The van der Waals surface area contributed by atoms with E-state index in [1.165, 1.54) is 5.56 Å². The standard InChI is InChI=1S/C27H25N3O2/c1-18(2)20-10-12-21(13-11-20)26-16-24(23-8-4-5-9-25(23)29-26)27(31)30-28-17-19(3)15-22-7-6-14-32-22/h4-18H,1-3H3,(H,30,31). The predicted octanol–water partition coefficient (Wildman–Crippen LogP) is 6.44. The highest BCUT2D eigenvalue weighted by molar-refractivity contribution is 6.07. The Labute approximate surface area is 187 Å². The molecule has 5 heteroatoms. The van der Waals surface area contributed by atoms with E-state index in [4.69, 9.17) is 9.40 Å². The molecule has 1 N–H and O–H groups in total. The summed E-state index contributed by atoms with van der Waals surface area (Å²) in [7, 11) is 0. The van der Waals surface area contributed by atoms with Crippen molar-refractivity contribution in [2.75, 3.05) is 0 Å². The largest absolute Gasteiger partial charge is 0.465 e. The predicted molar refractivity (Wildman–Crippen MR) is 130 cm³/mol. The van der Waals surface area contributed by atoms with Crippen LogP contribution in [0.25, 0.3) is 28.2 Å². The van der Waals surface area contributed by atoms with Crippen molar-refractivity contribution in [3.8, 4) is 11.3 Å². The number of nitrogens with one attached hydrogen (secondary N) is 1. The van der Waals surface area contributed by atoms with Crippen LogP contribution in [-0.2, 0) is 0 Å². The van der Waals surface area contributed by atoms with E-state index in [9.17, 15) is 4.79 Å². The van der Waals surface area contributed by atoms with Crippen molar-refractivity contribution < 1.29 is 9.21 Å². The molecule has 4 aromatic rings. The summed E-state index contributed by atoms with van der Waals surface area (Å²) in [5.41, 5.74) is 7.77. The molecule has 2 heterocycles. The van der Waals surface area contributed by atoms with Gasteiger partial charge in [-0.15, -0.1) is 0 Å². The van der Waals surface area contributed by atoms with Gasteiger partial charge in [0, 0.05) is 10.9 Å². The maximum Gasteiger partial charge on any atom is 0.272 e. The number of benzene rings is 2. The molecular weight excluding hydrogens is 398 g/mol. The van der Waals surface area contributed by atoms with Crippen molar-refractivity contribution in [3.05, 3.63) is 95.5 Å². The average molecular weight is 424 g/mol. The van der Waals surface area contributed by atoms with E-state index < -0.39 is 0 Å². The molecule has 32 heavy (non-hydrogen) atoms. The molecule has 0 radical (unpaired) electrons. The second kappa shape index (κ2) is 9.43. The van der Waals surface area contributed by atoms with Gasteiger partial charge in [0.05, 0.1) is 29.3 Å². The fourth-order valence-corrected chi connectivity index (χ4v) is 3.44. The SMILES string of the molecule is CC(C=NNC(=O)c1cc(-c2ccc(C(C)C)cc2)nc2ccccc12)=Cc1ccco1. The number of fused-ring (bicyclic) bond motifs is 1. The molecule has 0 bridgehead atoms. The maximum absolute atomic E-state index is 13.0. The van der Waals surface area contributed by atoms with Crippen LogP contribution < -0.4 is 5.43 Å². The normalized spacial score (nSPS) is 12.1. The summed E-state index contributed by atoms with van der Waals surface area (Å²) in [6, 6.07) is 21.4. The minimum Gasteiger partial charge on any atom is -0.465 e. The molecule has 160 valence electrons. The first kappa shape index (κ1) is 21.2. The quantitative estimate of drug-likeness (QED) is 0.287. The summed E-state index contributed by atoms with van der Waals surface area (Å²) >= 11 is 0. The number of para-hydroxylation sites is 1. The minimum atomic E-state index is -0.286. The number of nitrogens with zero attached hydrogens (tertiary/aromatic N) is 2. The highest BCUT2D eigenvalue weighted by atomic mass is 16.3. The van der Waals surface area contributed by atoms with Crippen LogP contribution in [-0.4, -0.2) is 17.1 Å². The van der Waals surface area contributed by atoms with Crippen molar-refractivity contribution in [2.45, 2.75) is 26.7 Å². The van der Waals surface area contributed by atoms with Gasteiger partial charge in [-0.05, 0) is 54.3 Å². The molecule has 0 spiro atoms. The molecule has 0 saturated heterocycles. The van der Waals surface area contributed by atoms with Crippen molar-refractivity contribution in [1.29, 1.82) is 0 Å². The van der Waals surface area contributed by atoms with E-state index in [-0.39, 0.29) is 5.91 Å². The van der Waals surface area contributed by atoms with Crippen LogP contribution >= 0.6 is 0 Å². The minimum absolute atomic E-state index is 0.286. The lowest BCUT2D eigenvalue weighted by atomic mass is 9.99. The van der Waals surface area contributed by atoms with E-state index in [1.54, 1.807) is 12.5 Å². The monoisotopic (exact) mass is 423 g/mol. The van der Waals surface area contributed by atoms with Crippen LogP contribution in [0.2, 0.25) is 0 Å². The number of carbonyl (C=O) groups is 1. The lowest BCUT2D eigenvalue weighted by Gasteiger charge is -2.10. The third kappa shape index (κ3) is 4.83. The zero-order valence-corrected chi connectivity index (χ0v) is 18.4. The molecule has 0 atom stereocenters. The number of allylic oxidation sites excluding steroid dienone is 1. The molecule has 0 fully saturated rings. The Morgan fingerprint density at radius 1 is 1.06 bits per heavy atom. The topological polar surface area (TPSA) is 67.5 Å². The molecule has 0 aliphatic heterocycles. The lowest BCUT2D eigenvalue weighted by Crippen LogP contribution is -2.18. The van der Waals surface area contributed by atoms with Gasteiger partial charge in [0.1, 0.15) is 5.76 Å². The molecule has 0 aliphatic rings. The van der Waals surface area contributed by atoms with Crippen molar-refractivity contribution >= 4 is 29.1 Å². The second-order valence-corrected chi connectivity index (χ2v) is 7.95. The Balaban J connectivity index is 1.62. The molecular formula is C27H25N3O2. The van der Waals surface area contributed by atoms with Gasteiger partial charge in [-0.3, -0.25) is 4.79 Å². The van der Waals surface area contributed by atoms with Crippen molar-refractivity contribution in [3.63, 3.8) is 0 Å². The number of hydrogen-bond donors (Lipinski definition) is 1. The number of aromatic nitrogens is 1. The molecule has 5 nitrogen and oxygen atoms in total. The van der Waals surface area contributed by atoms with Gasteiger partial charge in [0.25, 0.3) is 5.91 Å². The molecule has 2 aromatic heterocycles. The van der Waals surface area contributed by atoms with Crippen molar-refractivity contribution in [2.24, 2.45) is 5.10 Å². The first-order chi connectivity index (χ1) is 15.5. The Kier molecular flexibility index (Phi) is 6.26. The van der Waals surface area contributed by atoms with E-state index in [0.29, 0.717) is 11.5 Å². The number of rotatable bonds is 6. The molecule has 0 unspecified atom stereocenters. The highest BCUT2D eigenvalue weighted by Crippen LogP contribution is 2.26. The van der Waals surface area contributed by atoms with Gasteiger partial charge in [-0.25, -0.2) is 10.4 Å². The molecule has 2 aromatic carbocycles. The third-order valence-electron chi connectivity index (χ3n) is 5.18. The van der Waals surface area contributed by atoms with Crippen molar-refractivity contribution in [1.82, 2.24) is 10.4 Å². The fourth-order valence-electron chi connectivity index (χ4n) is 3.44. The van der Waals surface area contributed by atoms with Gasteiger partial charge in [-0.1, -0.05) is 56.3 Å². The van der Waals surface area contributed by atoms with Crippen LogP contribution in [0, 0.1) is 0 Å². The van der Waals surface area contributed by atoms with Gasteiger partial charge in [-0.2, -0.15) is 5.10 Å². The first-order valence-electron chi connectivity index (χ1n) is 10.6. The number of pyridine rings is 1. The molecule has 4 rings (SSSR count). The van der Waals surface area contributed by atoms with E-state index in [2.05, 4.69) is 48.6 Å². The average Bonchev–Trinajstić information content (AvgIpc) is 3.31. The maximum atomic E-state index is 13.0. The Hall–Kier alpha value is -3.99. The van der Waals surface area contributed by atoms with E-state index in [1.807, 2.05) is 55.5 Å². The summed E-state index contributed by atoms with van der Waals surface area (Å²) in [5, 5.41) is 4.90. The van der Waals surface area contributed by atoms with E-state index in [0.717, 1.165) is 33.5 Å². The molecule has 0 aliphatic carbocycles. The van der Waals surface area contributed by atoms with Gasteiger partial charge < -0.3 is 4.42 Å². The summed E-state index contributed by atoms with van der Waals surface area (Å²) in [4.78, 5) is 17.8. The Morgan fingerprint density at radius 2 is 1.84 bits per heavy atom. The zero-order valence-electron chi connectivity index (χ0n) is 18.4. The van der Waals surface area contributed by atoms with Crippen LogP contribution in [0.5, 0.6) is 0 Å². The van der Waals surface area contributed by atoms with Crippen LogP contribution in [0.4, 0.5) is 0 Å². The summed E-state index contributed by atoms with van der Waals surface area (Å²) in [5.74, 6) is 0.900. The summed E-state index contributed by atoms with van der Waals surface area (Å²) in [6.07, 6.45) is 5.05. The van der Waals surface area contributed by atoms with Crippen LogP contribution in [0.3, 0.4) is 0 Å². The summed E-state index contributed by atoms with van der Waals surface area (Å²) in [6.45, 7) is 6.22. The highest BCUT2D eigenvalue weighted by Gasteiger charge is 2.14. The fraction of sp³-hybridized carbons (Fsp3) is 0.148. The van der Waals surface area contributed by atoms with Crippen LogP contribution in [0.1, 0.15) is 48.4 Å². The smallest absolute Gasteiger partial charge is 0.272 e. The number of carbonyl (C=O) groups excluding carboxylic acids is 1. The first-order valence-corrected chi connectivity index (χ1v) is 10.6. The number of hydrazone groups is 1. The zero-order chi connectivity index (χ0) is 22.5. The van der Waals surface area contributed by atoms with Gasteiger partial charge in [0.15, 0.2) is 0 Å². The number of furan rings is 1. The number of amides is 1. The van der Waals surface area contributed by atoms with Gasteiger partial charge in [0.2, 0.25) is 0 Å².